The van der Waals surface area contributed by atoms with Gasteiger partial charge in [-0.15, -0.1) is 5.10 Å². The van der Waals surface area contributed by atoms with Gasteiger partial charge in [0, 0.05) is 24.4 Å². The zero-order valence-corrected chi connectivity index (χ0v) is 14.9. The fourth-order valence-corrected chi connectivity index (χ4v) is 2.69. The number of aromatic nitrogens is 6. The normalized spacial score (nSPS) is 10.6. The van der Waals surface area contributed by atoms with Crippen molar-refractivity contribution in [1.29, 1.82) is 0 Å². The number of rotatable bonds is 4. The summed E-state index contributed by atoms with van der Waals surface area (Å²) in [5.41, 5.74) is 1.70. The minimum Gasteiger partial charge on any atom is -0.321 e. The fourth-order valence-electron chi connectivity index (χ4n) is 2.69. The van der Waals surface area contributed by atoms with Crippen LogP contribution >= 0.6 is 0 Å². The van der Waals surface area contributed by atoms with Crippen molar-refractivity contribution in [3.05, 3.63) is 82.8 Å². The van der Waals surface area contributed by atoms with Gasteiger partial charge in [-0.25, -0.2) is 4.68 Å². The van der Waals surface area contributed by atoms with Crippen LogP contribution in [0.1, 0.15) is 10.5 Å². The molecule has 138 valence electrons. The second kappa shape index (κ2) is 7.23. The highest BCUT2D eigenvalue weighted by Crippen LogP contribution is 2.19. The summed E-state index contributed by atoms with van der Waals surface area (Å²) in [4.78, 5) is 24.7. The number of para-hydroxylation sites is 1. The quantitative estimate of drug-likeness (QED) is 0.583. The summed E-state index contributed by atoms with van der Waals surface area (Å²) < 4.78 is 2.73. The van der Waals surface area contributed by atoms with E-state index in [4.69, 9.17) is 0 Å². The largest absolute Gasteiger partial charge is 0.321 e. The number of nitrogens with zero attached hydrogens (tertiary/aromatic N) is 6. The fraction of sp³-hybridized carbons (Fsp3) is 0.0526. The third kappa shape index (κ3) is 3.40. The van der Waals surface area contributed by atoms with Gasteiger partial charge in [0.05, 0.1) is 5.69 Å². The topological polar surface area (TPSA) is 108 Å². The van der Waals surface area contributed by atoms with Crippen molar-refractivity contribution >= 4 is 11.6 Å². The van der Waals surface area contributed by atoms with E-state index >= 15 is 0 Å². The maximum atomic E-state index is 12.6. The molecule has 0 spiro atoms. The first-order chi connectivity index (χ1) is 13.6. The standard InChI is InChI=1S/C19H15N7O2/c1-25-18(21-23-24-25)13-6-5-7-14(12-13)20-19(28)16-10-11-17(27)26(22-16)15-8-3-2-4-9-15/h2-12H,1H3,(H,20,28). The molecule has 0 aliphatic rings. The predicted octanol–water partition coefficient (Wildman–Crippen LogP) is 1.68. The van der Waals surface area contributed by atoms with Crippen LogP contribution in [0.5, 0.6) is 0 Å². The highest BCUT2D eigenvalue weighted by atomic mass is 16.2. The molecule has 0 bridgehead atoms. The predicted molar refractivity (Wildman–Crippen MR) is 102 cm³/mol. The molecule has 0 saturated carbocycles. The Labute approximate surface area is 159 Å². The molecule has 28 heavy (non-hydrogen) atoms. The number of hydrogen-bond acceptors (Lipinski definition) is 6. The molecule has 2 aromatic heterocycles. The zero-order chi connectivity index (χ0) is 19.5. The molecule has 1 N–H and O–H groups in total. The van der Waals surface area contributed by atoms with E-state index in [2.05, 4.69) is 25.9 Å². The van der Waals surface area contributed by atoms with Crippen LogP contribution < -0.4 is 10.9 Å². The van der Waals surface area contributed by atoms with Gasteiger partial charge in [-0.3, -0.25) is 9.59 Å². The van der Waals surface area contributed by atoms with Gasteiger partial charge >= 0.3 is 0 Å². The van der Waals surface area contributed by atoms with Crippen LogP contribution in [-0.4, -0.2) is 35.9 Å². The van der Waals surface area contributed by atoms with Crippen LogP contribution in [0.3, 0.4) is 0 Å². The van der Waals surface area contributed by atoms with Crippen molar-refractivity contribution in [2.45, 2.75) is 0 Å². The first kappa shape index (κ1) is 17.3. The van der Waals surface area contributed by atoms with Gasteiger partial charge in [0.1, 0.15) is 5.69 Å². The third-order valence-electron chi connectivity index (χ3n) is 4.03. The number of tetrazole rings is 1. The van der Waals surface area contributed by atoms with Gasteiger partial charge in [-0.1, -0.05) is 30.3 Å². The van der Waals surface area contributed by atoms with Crippen LogP contribution in [-0.2, 0) is 7.05 Å². The number of amides is 1. The highest BCUT2D eigenvalue weighted by molar-refractivity contribution is 6.03. The molecule has 2 heterocycles. The summed E-state index contributed by atoms with van der Waals surface area (Å²) in [7, 11) is 1.73. The van der Waals surface area contributed by atoms with E-state index in [1.807, 2.05) is 12.1 Å². The summed E-state index contributed by atoms with van der Waals surface area (Å²) >= 11 is 0. The smallest absolute Gasteiger partial charge is 0.276 e. The summed E-state index contributed by atoms with van der Waals surface area (Å²) in [6, 6.07) is 18.8. The third-order valence-corrected chi connectivity index (χ3v) is 4.03. The number of carbonyl (C=O) groups is 1. The maximum absolute atomic E-state index is 12.6. The van der Waals surface area contributed by atoms with Crippen molar-refractivity contribution in [2.75, 3.05) is 5.32 Å². The van der Waals surface area contributed by atoms with Crippen LogP contribution in [0.2, 0.25) is 0 Å². The van der Waals surface area contributed by atoms with E-state index in [-0.39, 0.29) is 11.3 Å². The Kier molecular flexibility index (Phi) is 4.47. The Morgan fingerprint density at radius 1 is 1.00 bits per heavy atom. The Morgan fingerprint density at radius 3 is 2.57 bits per heavy atom. The lowest BCUT2D eigenvalue weighted by Crippen LogP contribution is -2.24. The minimum atomic E-state index is -0.432. The molecule has 4 rings (SSSR count). The number of carbonyl (C=O) groups excluding carboxylic acids is 1. The molecule has 0 aliphatic heterocycles. The van der Waals surface area contributed by atoms with E-state index in [0.29, 0.717) is 17.2 Å². The van der Waals surface area contributed by atoms with E-state index in [1.54, 1.807) is 49.5 Å². The molecular weight excluding hydrogens is 358 g/mol. The molecule has 2 aromatic carbocycles. The Balaban J connectivity index is 1.61. The van der Waals surface area contributed by atoms with Crippen molar-refractivity contribution in [3.8, 4) is 17.1 Å². The van der Waals surface area contributed by atoms with Crippen LogP contribution in [0, 0.1) is 0 Å². The monoisotopic (exact) mass is 373 g/mol. The average molecular weight is 373 g/mol. The second-order valence-electron chi connectivity index (χ2n) is 5.97. The molecule has 4 aromatic rings. The first-order valence-corrected chi connectivity index (χ1v) is 8.42. The first-order valence-electron chi connectivity index (χ1n) is 8.42. The molecule has 0 atom stereocenters. The zero-order valence-electron chi connectivity index (χ0n) is 14.9. The molecule has 0 aliphatic carbocycles. The van der Waals surface area contributed by atoms with Crippen molar-refractivity contribution < 1.29 is 4.79 Å². The lowest BCUT2D eigenvalue weighted by molar-refractivity contribution is 0.102. The number of nitrogens with one attached hydrogen (secondary N) is 1. The summed E-state index contributed by atoms with van der Waals surface area (Å²) in [5, 5.41) is 18.3. The van der Waals surface area contributed by atoms with E-state index < -0.39 is 5.91 Å². The van der Waals surface area contributed by atoms with E-state index in [1.165, 1.54) is 21.5 Å². The molecule has 9 nitrogen and oxygen atoms in total. The molecule has 0 unspecified atom stereocenters. The van der Waals surface area contributed by atoms with Crippen LogP contribution in [0.4, 0.5) is 5.69 Å². The van der Waals surface area contributed by atoms with Gasteiger partial charge in [-0.05, 0) is 40.8 Å². The number of anilines is 1. The maximum Gasteiger partial charge on any atom is 0.276 e. The Morgan fingerprint density at radius 2 is 1.82 bits per heavy atom. The molecule has 9 heteroatoms. The van der Waals surface area contributed by atoms with E-state index in [0.717, 1.165) is 5.56 Å². The molecule has 1 amide bonds. The number of benzene rings is 2. The lowest BCUT2D eigenvalue weighted by atomic mass is 10.2. The van der Waals surface area contributed by atoms with Crippen molar-refractivity contribution in [1.82, 2.24) is 30.0 Å². The van der Waals surface area contributed by atoms with Crippen LogP contribution in [0.15, 0.2) is 71.5 Å². The minimum absolute atomic E-state index is 0.120. The molecule has 0 radical (unpaired) electrons. The Bertz CT molecular complexity index is 1200. The molecule has 0 fully saturated rings. The van der Waals surface area contributed by atoms with Gasteiger partial charge in [0.2, 0.25) is 0 Å². The number of aryl methyl sites for hydroxylation is 1. The van der Waals surface area contributed by atoms with Gasteiger partial charge in [0.25, 0.3) is 11.5 Å². The van der Waals surface area contributed by atoms with Gasteiger partial charge < -0.3 is 5.32 Å². The van der Waals surface area contributed by atoms with E-state index in [9.17, 15) is 9.59 Å². The Hall–Kier alpha value is -4.14. The number of hydrogen-bond donors (Lipinski definition) is 1. The lowest BCUT2D eigenvalue weighted by Gasteiger charge is -2.09. The molecular formula is C19H15N7O2. The van der Waals surface area contributed by atoms with Crippen molar-refractivity contribution in [2.24, 2.45) is 7.05 Å². The molecule has 0 saturated heterocycles. The summed E-state index contributed by atoms with van der Waals surface area (Å²) in [6.45, 7) is 0. The second-order valence-corrected chi connectivity index (χ2v) is 5.97. The average Bonchev–Trinajstić information content (AvgIpc) is 3.15. The van der Waals surface area contributed by atoms with Gasteiger partial charge in [-0.2, -0.15) is 9.78 Å². The highest BCUT2D eigenvalue weighted by Gasteiger charge is 2.12. The summed E-state index contributed by atoms with van der Waals surface area (Å²) in [5.74, 6) is 0.143. The SMILES string of the molecule is Cn1nnnc1-c1cccc(NC(=O)c2ccc(=O)n(-c3ccccc3)n2)c1. The van der Waals surface area contributed by atoms with Crippen molar-refractivity contribution in [3.63, 3.8) is 0 Å². The summed E-state index contributed by atoms with van der Waals surface area (Å²) in [6.07, 6.45) is 0. The van der Waals surface area contributed by atoms with Gasteiger partial charge in [0.15, 0.2) is 5.82 Å². The van der Waals surface area contributed by atoms with Crippen LogP contribution in [0.25, 0.3) is 17.1 Å².